The smallest absolute Gasteiger partial charge is 0.129 e. The maximum Gasteiger partial charge on any atom is 0.129 e. The minimum Gasteiger partial charge on any atom is -0.310 e. The van der Waals surface area contributed by atoms with Crippen LogP contribution < -0.4 is 5.32 Å². The zero-order valence-electron chi connectivity index (χ0n) is 11.4. The van der Waals surface area contributed by atoms with Crippen LogP contribution in [-0.4, -0.2) is 6.54 Å². The fourth-order valence-corrected chi connectivity index (χ4v) is 2.83. The molecule has 0 fully saturated rings. The van der Waals surface area contributed by atoms with Crippen molar-refractivity contribution in [1.29, 1.82) is 0 Å². The lowest BCUT2D eigenvalue weighted by Gasteiger charge is -2.22. The molecule has 0 aromatic heterocycles. The molecule has 0 aliphatic heterocycles. The average molecular weight is 282 g/mol. The predicted molar refractivity (Wildman–Crippen MR) is 79.0 cm³/mol. The van der Waals surface area contributed by atoms with E-state index in [4.69, 9.17) is 11.6 Å². The van der Waals surface area contributed by atoms with Crippen molar-refractivity contribution in [3.8, 4) is 0 Å². The van der Waals surface area contributed by atoms with E-state index in [2.05, 4.69) is 18.3 Å². The van der Waals surface area contributed by atoms with E-state index in [0.717, 1.165) is 31.4 Å². The van der Waals surface area contributed by atoms with Gasteiger partial charge in [0.2, 0.25) is 0 Å². The van der Waals surface area contributed by atoms with Gasteiger partial charge in [-0.15, -0.1) is 0 Å². The highest BCUT2D eigenvalue weighted by molar-refractivity contribution is 6.30. The molecule has 2 rings (SSSR count). The van der Waals surface area contributed by atoms with Crippen LogP contribution in [0.5, 0.6) is 0 Å². The Morgan fingerprint density at radius 1 is 1.37 bits per heavy atom. The van der Waals surface area contributed by atoms with Crippen molar-refractivity contribution in [1.82, 2.24) is 5.32 Å². The van der Waals surface area contributed by atoms with Crippen LogP contribution in [0.2, 0.25) is 5.02 Å². The van der Waals surface area contributed by atoms with Crippen molar-refractivity contribution in [2.75, 3.05) is 6.54 Å². The normalized spacial score (nSPS) is 17.1. The molecule has 0 heterocycles. The van der Waals surface area contributed by atoms with Crippen molar-refractivity contribution in [2.45, 2.75) is 45.1 Å². The molecule has 1 aromatic rings. The van der Waals surface area contributed by atoms with Crippen LogP contribution in [0.3, 0.4) is 0 Å². The molecule has 1 aliphatic rings. The summed E-state index contributed by atoms with van der Waals surface area (Å²) >= 11 is 5.82. The lowest BCUT2D eigenvalue weighted by Crippen LogP contribution is -2.22. The highest BCUT2D eigenvalue weighted by Gasteiger charge is 2.17. The first-order valence-electron chi connectivity index (χ1n) is 7.07. The Bertz CT molecular complexity index is 456. The van der Waals surface area contributed by atoms with Crippen molar-refractivity contribution < 1.29 is 4.39 Å². The van der Waals surface area contributed by atoms with Crippen molar-refractivity contribution in [3.63, 3.8) is 0 Å². The van der Waals surface area contributed by atoms with Gasteiger partial charge < -0.3 is 5.32 Å². The van der Waals surface area contributed by atoms with E-state index in [1.165, 1.54) is 24.5 Å². The standard InChI is InChI=1S/C16H21ClFN/c1-2-19-16(10-12-6-4-3-5-7-12)14-9-8-13(17)11-15(14)18/h6,8-9,11,16,19H,2-5,7,10H2,1H3. The third-order valence-electron chi connectivity index (χ3n) is 3.64. The highest BCUT2D eigenvalue weighted by Crippen LogP contribution is 2.29. The van der Waals surface area contributed by atoms with Gasteiger partial charge in [0.25, 0.3) is 0 Å². The number of nitrogens with one attached hydrogen (secondary N) is 1. The molecule has 19 heavy (non-hydrogen) atoms. The van der Waals surface area contributed by atoms with E-state index in [-0.39, 0.29) is 11.9 Å². The van der Waals surface area contributed by atoms with Crippen molar-refractivity contribution >= 4 is 11.6 Å². The summed E-state index contributed by atoms with van der Waals surface area (Å²) in [6.07, 6.45) is 8.07. The summed E-state index contributed by atoms with van der Waals surface area (Å²) in [4.78, 5) is 0. The summed E-state index contributed by atoms with van der Waals surface area (Å²) in [6, 6.07) is 5.01. The van der Waals surface area contributed by atoms with Crippen LogP contribution in [0, 0.1) is 5.82 Å². The number of hydrogen-bond donors (Lipinski definition) is 1. The summed E-state index contributed by atoms with van der Waals surface area (Å²) in [5.74, 6) is -0.213. The third kappa shape index (κ3) is 4.05. The van der Waals surface area contributed by atoms with Gasteiger partial charge in [-0.05, 0) is 50.8 Å². The molecule has 1 aromatic carbocycles. The van der Waals surface area contributed by atoms with E-state index in [1.54, 1.807) is 12.1 Å². The Kier molecular flexibility index (Phi) is 5.41. The number of rotatable bonds is 5. The molecular formula is C16H21ClFN. The number of allylic oxidation sites excluding steroid dienone is 1. The van der Waals surface area contributed by atoms with Crippen molar-refractivity contribution in [2.24, 2.45) is 0 Å². The summed E-state index contributed by atoms with van der Waals surface area (Å²) in [7, 11) is 0. The first-order chi connectivity index (χ1) is 9.20. The second kappa shape index (κ2) is 7.06. The van der Waals surface area contributed by atoms with Gasteiger partial charge in [0.1, 0.15) is 5.82 Å². The predicted octanol–water partition coefficient (Wildman–Crippen LogP) is 5.02. The van der Waals surface area contributed by atoms with Crippen molar-refractivity contribution in [3.05, 3.63) is 46.3 Å². The lowest BCUT2D eigenvalue weighted by molar-refractivity contribution is 0.497. The molecule has 0 radical (unpaired) electrons. The Balaban J connectivity index is 2.16. The van der Waals surface area contributed by atoms with Crippen LogP contribution in [0.4, 0.5) is 4.39 Å². The minimum absolute atomic E-state index is 0.0478. The number of benzene rings is 1. The van der Waals surface area contributed by atoms with Gasteiger partial charge in [-0.2, -0.15) is 0 Å². The first-order valence-corrected chi connectivity index (χ1v) is 7.44. The second-order valence-corrected chi connectivity index (χ2v) is 5.52. The summed E-state index contributed by atoms with van der Waals surface area (Å²) in [5, 5.41) is 3.83. The zero-order chi connectivity index (χ0) is 13.7. The fourth-order valence-electron chi connectivity index (χ4n) is 2.67. The minimum atomic E-state index is -0.213. The van der Waals surface area contributed by atoms with Crippen LogP contribution in [0.25, 0.3) is 0 Å². The molecule has 1 nitrogen and oxygen atoms in total. The second-order valence-electron chi connectivity index (χ2n) is 5.09. The number of hydrogen-bond acceptors (Lipinski definition) is 1. The molecule has 0 saturated heterocycles. The van der Waals surface area contributed by atoms with Crippen LogP contribution in [-0.2, 0) is 0 Å². The maximum atomic E-state index is 14.0. The van der Waals surface area contributed by atoms with Gasteiger partial charge >= 0.3 is 0 Å². The Morgan fingerprint density at radius 2 is 2.21 bits per heavy atom. The van der Waals surface area contributed by atoms with Gasteiger partial charge in [-0.1, -0.05) is 36.2 Å². The largest absolute Gasteiger partial charge is 0.310 e. The summed E-state index contributed by atoms with van der Waals surface area (Å²) in [5.41, 5.74) is 2.17. The number of halogens is 2. The fraction of sp³-hybridized carbons (Fsp3) is 0.500. The molecule has 1 N–H and O–H groups in total. The molecule has 1 aliphatic carbocycles. The first kappa shape index (κ1) is 14.5. The van der Waals surface area contributed by atoms with Gasteiger partial charge in [-0.25, -0.2) is 4.39 Å². The van der Waals surface area contributed by atoms with Gasteiger partial charge in [-0.3, -0.25) is 0 Å². The quantitative estimate of drug-likeness (QED) is 0.747. The summed E-state index contributed by atoms with van der Waals surface area (Å²) < 4.78 is 14.0. The lowest BCUT2D eigenvalue weighted by atomic mass is 9.91. The monoisotopic (exact) mass is 281 g/mol. The van der Waals surface area contributed by atoms with E-state index < -0.39 is 0 Å². The molecule has 1 atom stereocenters. The third-order valence-corrected chi connectivity index (χ3v) is 3.87. The zero-order valence-corrected chi connectivity index (χ0v) is 12.1. The molecule has 1 unspecified atom stereocenters. The topological polar surface area (TPSA) is 12.0 Å². The van der Waals surface area contributed by atoms with Gasteiger partial charge in [0.05, 0.1) is 0 Å². The Morgan fingerprint density at radius 3 is 2.84 bits per heavy atom. The maximum absolute atomic E-state index is 14.0. The average Bonchev–Trinajstić information content (AvgIpc) is 2.39. The Labute approximate surface area is 119 Å². The molecule has 0 bridgehead atoms. The van der Waals surface area contributed by atoms with Crippen LogP contribution in [0.15, 0.2) is 29.8 Å². The SMILES string of the molecule is CCNC(CC1=CCCCC1)c1ccc(Cl)cc1F. The molecule has 0 spiro atoms. The molecular weight excluding hydrogens is 261 g/mol. The van der Waals surface area contributed by atoms with E-state index >= 15 is 0 Å². The molecule has 3 heteroatoms. The molecule has 104 valence electrons. The van der Waals surface area contributed by atoms with E-state index in [1.807, 2.05) is 0 Å². The van der Waals surface area contributed by atoms with Crippen LogP contribution >= 0.6 is 11.6 Å². The van der Waals surface area contributed by atoms with E-state index in [0.29, 0.717) is 5.02 Å². The highest BCUT2D eigenvalue weighted by atomic mass is 35.5. The summed E-state index contributed by atoms with van der Waals surface area (Å²) in [6.45, 7) is 2.89. The Hall–Kier alpha value is -0.860. The molecule has 0 saturated carbocycles. The van der Waals surface area contributed by atoms with Gasteiger partial charge in [0.15, 0.2) is 0 Å². The van der Waals surface area contributed by atoms with Crippen LogP contribution in [0.1, 0.15) is 50.6 Å². The molecule has 0 amide bonds. The van der Waals surface area contributed by atoms with Gasteiger partial charge in [0, 0.05) is 16.6 Å². The van der Waals surface area contributed by atoms with E-state index in [9.17, 15) is 4.39 Å².